The smallest absolute Gasteiger partial charge is 0.233 e. The molecule has 4 rings (SSSR count). The second kappa shape index (κ2) is 8.46. The second-order valence-corrected chi connectivity index (χ2v) is 7.22. The lowest BCUT2D eigenvalue weighted by Gasteiger charge is -2.20. The standard InChI is InChI=1S/C17H20Cl2N6.ClH/c18-13-6-5-12(11-14(13)19)20-15-21-16(24-7-1-2-8-24)23-17(22-15)25-9-3-4-10-25;/h5-6,11H,1-4,7-10H2,(H,20,21,22,23);1H. The summed E-state index contributed by atoms with van der Waals surface area (Å²) in [6, 6.07) is 5.40. The highest BCUT2D eigenvalue weighted by Crippen LogP contribution is 2.28. The van der Waals surface area contributed by atoms with E-state index < -0.39 is 0 Å². The van der Waals surface area contributed by atoms with E-state index in [2.05, 4.69) is 25.1 Å². The molecule has 2 saturated heterocycles. The number of anilines is 4. The molecular weight excluding hydrogens is 395 g/mol. The van der Waals surface area contributed by atoms with E-state index in [9.17, 15) is 0 Å². The van der Waals surface area contributed by atoms with Crippen molar-refractivity contribution < 1.29 is 0 Å². The zero-order valence-electron chi connectivity index (χ0n) is 14.3. The number of nitrogens with one attached hydrogen (secondary N) is 1. The Kier molecular flexibility index (Phi) is 6.27. The molecule has 1 N–H and O–H groups in total. The van der Waals surface area contributed by atoms with Gasteiger partial charge in [-0.1, -0.05) is 23.2 Å². The minimum Gasteiger partial charge on any atom is -0.341 e. The van der Waals surface area contributed by atoms with E-state index in [1.165, 1.54) is 25.7 Å². The molecule has 0 radical (unpaired) electrons. The van der Waals surface area contributed by atoms with Gasteiger partial charge in [0, 0.05) is 31.9 Å². The first-order valence-corrected chi connectivity index (χ1v) is 9.43. The van der Waals surface area contributed by atoms with Crippen LogP contribution in [0, 0.1) is 0 Å². The molecule has 9 heteroatoms. The van der Waals surface area contributed by atoms with Crippen LogP contribution in [0.1, 0.15) is 25.7 Å². The quantitative estimate of drug-likeness (QED) is 0.791. The summed E-state index contributed by atoms with van der Waals surface area (Å²) in [5, 5.41) is 4.27. The summed E-state index contributed by atoms with van der Waals surface area (Å²) in [7, 11) is 0. The Hall–Kier alpha value is -1.50. The molecule has 0 amide bonds. The van der Waals surface area contributed by atoms with Crippen molar-refractivity contribution in [2.45, 2.75) is 25.7 Å². The molecule has 0 unspecified atom stereocenters. The summed E-state index contributed by atoms with van der Waals surface area (Å²) in [5.41, 5.74) is 0.806. The third-order valence-corrected chi connectivity index (χ3v) is 5.30. The number of hydrogen-bond donors (Lipinski definition) is 1. The maximum Gasteiger partial charge on any atom is 0.233 e. The Morgan fingerprint density at radius 1 is 0.769 bits per heavy atom. The van der Waals surface area contributed by atoms with Crippen LogP contribution in [0.4, 0.5) is 23.5 Å². The fourth-order valence-electron chi connectivity index (χ4n) is 3.23. The first-order chi connectivity index (χ1) is 12.2. The molecule has 0 atom stereocenters. The molecule has 2 aromatic rings. The largest absolute Gasteiger partial charge is 0.341 e. The van der Waals surface area contributed by atoms with Gasteiger partial charge in [-0.2, -0.15) is 15.0 Å². The van der Waals surface area contributed by atoms with Crippen molar-refractivity contribution in [3.05, 3.63) is 28.2 Å². The van der Waals surface area contributed by atoms with Gasteiger partial charge in [0.15, 0.2) is 0 Å². The van der Waals surface area contributed by atoms with Gasteiger partial charge in [-0.25, -0.2) is 0 Å². The molecule has 0 spiro atoms. The predicted octanol–water partition coefficient (Wildman–Crippen LogP) is 4.54. The van der Waals surface area contributed by atoms with Gasteiger partial charge >= 0.3 is 0 Å². The van der Waals surface area contributed by atoms with Crippen molar-refractivity contribution in [3.63, 3.8) is 0 Å². The highest BCUT2D eigenvalue weighted by molar-refractivity contribution is 6.42. The number of benzene rings is 1. The van der Waals surface area contributed by atoms with Crippen LogP contribution in [0.3, 0.4) is 0 Å². The van der Waals surface area contributed by atoms with E-state index in [0.29, 0.717) is 16.0 Å². The summed E-state index contributed by atoms with van der Waals surface area (Å²) in [6.45, 7) is 3.98. The third kappa shape index (κ3) is 4.24. The van der Waals surface area contributed by atoms with Gasteiger partial charge in [-0.15, -0.1) is 12.4 Å². The van der Waals surface area contributed by atoms with Crippen LogP contribution >= 0.6 is 35.6 Å². The molecule has 26 heavy (non-hydrogen) atoms. The van der Waals surface area contributed by atoms with Gasteiger partial charge in [-0.05, 0) is 43.9 Å². The topological polar surface area (TPSA) is 57.2 Å². The van der Waals surface area contributed by atoms with E-state index in [-0.39, 0.29) is 12.4 Å². The predicted molar refractivity (Wildman–Crippen MR) is 110 cm³/mol. The molecule has 6 nitrogen and oxygen atoms in total. The fraction of sp³-hybridized carbons (Fsp3) is 0.471. The van der Waals surface area contributed by atoms with Gasteiger partial charge in [0.2, 0.25) is 17.8 Å². The lowest BCUT2D eigenvalue weighted by atomic mass is 10.3. The Morgan fingerprint density at radius 3 is 1.81 bits per heavy atom. The Morgan fingerprint density at radius 2 is 1.31 bits per heavy atom. The van der Waals surface area contributed by atoms with Gasteiger partial charge in [0.1, 0.15) is 0 Å². The van der Waals surface area contributed by atoms with Crippen molar-refractivity contribution in [2.24, 2.45) is 0 Å². The minimum atomic E-state index is 0. The SMILES string of the molecule is Cl.Clc1ccc(Nc2nc(N3CCCC3)nc(N3CCCC3)n2)cc1Cl. The Labute approximate surface area is 169 Å². The van der Waals surface area contributed by atoms with Crippen molar-refractivity contribution >= 4 is 59.1 Å². The third-order valence-electron chi connectivity index (χ3n) is 4.57. The summed E-state index contributed by atoms with van der Waals surface area (Å²) >= 11 is 12.1. The first kappa shape index (κ1) is 19.3. The maximum atomic E-state index is 6.11. The average molecular weight is 416 g/mol. The molecule has 3 heterocycles. The highest BCUT2D eigenvalue weighted by Gasteiger charge is 2.21. The number of halogens is 3. The fourth-order valence-corrected chi connectivity index (χ4v) is 3.53. The molecule has 2 fully saturated rings. The van der Waals surface area contributed by atoms with Crippen LogP contribution in [0.2, 0.25) is 10.0 Å². The molecule has 2 aliphatic rings. The van der Waals surface area contributed by atoms with E-state index in [4.69, 9.17) is 28.2 Å². The molecule has 0 aliphatic carbocycles. The molecular formula is C17H21Cl3N6. The Bertz CT molecular complexity index is 726. The van der Waals surface area contributed by atoms with Crippen molar-refractivity contribution in [3.8, 4) is 0 Å². The summed E-state index contributed by atoms with van der Waals surface area (Å²) in [4.78, 5) is 18.4. The van der Waals surface area contributed by atoms with Gasteiger partial charge < -0.3 is 15.1 Å². The van der Waals surface area contributed by atoms with Crippen LogP contribution in [0.15, 0.2) is 18.2 Å². The molecule has 140 valence electrons. The Balaban J connectivity index is 0.00000196. The molecule has 1 aromatic heterocycles. The van der Waals surface area contributed by atoms with Gasteiger partial charge in [0.25, 0.3) is 0 Å². The summed E-state index contributed by atoms with van der Waals surface area (Å²) in [5.74, 6) is 2.03. The summed E-state index contributed by atoms with van der Waals surface area (Å²) in [6.07, 6.45) is 4.72. The zero-order valence-corrected chi connectivity index (χ0v) is 16.6. The lowest BCUT2D eigenvalue weighted by molar-refractivity contribution is 0.841. The van der Waals surface area contributed by atoms with Crippen LogP contribution < -0.4 is 15.1 Å². The first-order valence-electron chi connectivity index (χ1n) is 8.67. The number of rotatable bonds is 4. The van der Waals surface area contributed by atoms with Crippen molar-refractivity contribution in [1.29, 1.82) is 0 Å². The summed E-state index contributed by atoms with van der Waals surface area (Å²) < 4.78 is 0. The minimum absolute atomic E-state index is 0. The lowest BCUT2D eigenvalue weighted by Crippen LogP contribution is -2.25. The molecule has 0 saturated carbocycles. The van der Waals surface area contributed by atoms with Gasteiger partial charge in [0.05, 0.1) is 10.0 Å². The monoisotopic (exact) mass is 414 g/mol. The number of hydrogen-bond acceptors (Lipinski definition) is 6. The number of aromatic nitrogens is 3. The zero-order chi connectivity index (χ0) is 17.2. The highest BCUT2D eigenvalue weighted by atomic mass is 35.5. The van der Waals surface area contributed by atoms with Crippen LogP contribution in [0.5, 0.6) is 0 Å². The van der Waals surface area contributed by atoms with E-state index in [0.717, 1.165) is 43.8 Å². The number of nitrogens with zero attached hydrogens (tertiary/aromatic N) is 5. The van der Waals surface area contributed by atoms with Crippen molar-refractivity contribution in [2.75, 3.05) is 41.3 Å². The van der Waals surface area contributed by atoms with Crippen LogP contribution in [-0.2, 0) is 0 Å². The second-order valence-electron chi connectivity index (χ2n) is 6.40. The normalized spacial score (nSPS) is 16.7. The van der Waals surface area contributed by atoms with E-state index in [1.807, 2.05) is 6.07 Å². The maximum absolute atomic E-state index is 6.11. The van der Waals surface area contributed by atoms with Gasteiger partial charge in [-0.3, -0.25) is 0 Å². The van der Waals surface area contributed by atoms with Crippen LogP contribution in [0.25, 0.3) is 0 Å². The van der Waals surface area contributed by atoms with Crippen LogP contribution in [-0.4, -0.2) is 41.1 Å². The molecule has 2 aliphatic heterocycles. The van der Waals surface area contributed by atoms with Crippen molar-refractivity contribution in [1.82, 2.24) is 15.0 Å². The van der Waals surface area contributed by atoms with E-state index in [1.54, 1.807) is 12.1 Å². The molecule has 0 bridgehead atoms. The van der Waals surface area contributed by atoms with E-state index >= 15 is 0 Å². The average Bonchev–Trinajstić information content (AvgIpc) is 3.31. The molecule has 1 aromatic carbocycles.